The molecule has 0 saturated carbocycles. The number of benzene rings is 9. The molecular formula is C60H43NO. The summed E-state index contributed by atoms with van der Waals surface area (Å²) < 4.78 is 6.55. The monoisotopic (exact) mass is 793 g/mol. The van der Waals surface area contributed by atoms with Crippen LogP contribution in [0.1, 0.15) is 17.5 Å². The molecule has 1 aliphatic rings. The fraction of sp³-hybridized carbons (Fsp3) is 0.0333. The molecule has 0 bridgehead atoms. The van der Waals surface area contributed by atoms with Crippen LogP contribution in [-0.2, 0) is 5.54 Å². The number of allylic oxidation sites excluding steroid dienone is 2. The first kappa shape index (κ1) is 37.1. The van der Waals surface area contributed by atoms with Gasteiger partial charge in [-0.25, -0.2) is 0 Å². The topological polar surface area (TPSA) is 16.4 Å². The summed E-state index contributed by atoms with van der Waals surface area (Å²) in [6.07, 6.45) is 7.64. The van der Waals surface area contributed by atoms with E-state index in [1.807, 2.05) is 6.07 Å². The van der Waals surface area contributed by atoms with E-state index < -0.39 is 5.54 Å². The summed E-state index contributed by atoms with van der Waals surface area (Å²) in [6, 6.07) is 83.3. The van der Waals surface area contributed by atoms with Gasteiger partial charge in [-0.1, -0.05) is 224 Å². The molecule has 1 atom stereocenters. The summed E-state index contributed by atoms with van der Waals surface area (Å²) >= 11 is 0. The molecule has 1 aliphatic carbocycles. The van der Waals surface area contributed by atoms with Crippen molar-refractivity contribution < 1.29 is 4.42 Å². The van der Waals surface area contributed by atoms with Gasteiger partial charge in [0, 0.05) is 27.6 Å². The molecule has 2 nitrogen and oxygen atoms in total. The number of furan rings is 1. The van der Waals surface area contributed by atoms with E-state index in [9.17, 15) is 0 Å². The predicted molar refractivity (Wildman–Crippen MR) is 260 cm³/mol. The van der Waals surface area contributed by atoms with Gasteiger partial charge in [0.05, 0.1) is 5.69 Å². The summed E-state index contributed by atoms with van der Waals surface area (Å²) in [6.45, 7) is 0. The third-order valence-corrected chi connectivity index (χ3v) is 12.5. The first-order valence-corrected chi connectivity index (χ1v) is 21.4. The molecule has 294 valence electrons. The van der Waals surface area contributed by atoms with Crippen LogP contribution in [0.15, 0.2) is 253 Å². The second-order valence-electron chi connectivity index (χ2n) is 16.0. The average molecular weight is 794 g/mol. The van der Waals surface area contributed by atoms with Gasteiger partial charge in [-0.15, -0.1) is 0 Å². The molecule has 0 aliphatic heterocycles. The zero-order chi connectivity index (χ0) is 41.3. The Morgan fingerprint density at radius 3 is 1.66 bits per heavy atom. The van der Waals surface area contributed by atoms with E-state index >= 15 is 0 Å². The lowest BCUT2D eigenvalue weighted by atomic mass is 9.70. The molecule has 0 fully saturated rings. The maximum Gasteiger partial charge on any atom is 0.143 e. The van der Waals surface area contributed by atoms with Crippen LogP contribution < -0.4 is 4.90 Å². The van der Waals surface area contributed by atoms with Crippen molar-refractivity contribution in [2.45, 2.75) is 12.0 Å². The molecule has 0 N–H and O–H groups in total. The lowest BCUT2D eigenvalue weighted by molar-refractivity contribution is 0.568. The van der Waals surface area contributed by atoms with E-state index in [4.69, 9.17) is 4.42 Å². The Morgan fingerprint density at radius 1 is 0.387 bits per heavy atom. The van der Waals surface area contributed by atoms with Crippen LogP contribution in [0.2, 0.25) is 0 Å². The number of nitrogens with zero attached hydrogens (tertiary/aromatic N) is 1. The van der Waals surface area contributed by atoms with Crippen molar-refractivity contribution in [3.63, 3.8) is 0 Å². The molecule has 11 rings (SSSR count). The van der Waals surface area contributed by atoms with Crippen molar-refractivity contribution in [2.75, 3.05) is 4.90 Å². The number of hydrogen-bond donors (Lipinski definition) is 0. The third-order valence-electron chi connectivity index (χ3n) is 12.5. The van der Waals surface area contributed by atoms with E-state index in [2.05, 4.69) is 248 Å². The highest BCUT2D eigenvalue weighted by Crippen LogP contribution is 2.55. The molecular weight excluding hydrogens is 751 g/mol. The molecule has 10 aromatic rings. The lowest BCUT2D eigenvalue weighted by Crippen LogP contribution is -2.45. The van der Waals surface area contributed by atoms with Crippen molar-refractivity contribution in [3.05, 3.63) is 260 Å². The smallest absolute Gasteiger partial charge is 0.143 e. The SMILES string of the molecule is C1=CCC(c2ccccc2-c2ccccc2)(N(c2ccc(-c3cccc4c3oc3ccccc34)cc2)c2ccccc2-c2ccc(-c3ccccc3)cc2)C(c2ccccc2)=C1. The second kappa shape index (κ2) is 15.9. The summed E-state index contributed by atoms with van der Waals surface area (Å²) in [5.74, 6) is 0. The normalized spacial score (nSPS) is 14.8. The fourth-order valence-electron chi connectivity index (χ4n) is 9.62. The van der Waals surface area contributed by atoms with Gasteiger partial charge in [0.25, 0.3) is 0 Å². The molecule has 0 spiro atoms. The van der Waals surface area contributed by atoms with Crippen LogP contribution in [0.5, 0.6) is 0 Å². The maximum absolute atomic E-state index is 6.55. The number of anilines is 2. The minimum Gasteiger partial charge on any atom is -0.455 e. The van der Waals surface area contributed by atoms with Crippen molar-refractivity contribution in [1.29, 1.82) is 0 Å². The molecule has 9 aromatic carbocycles. The van der Waals surface area contributed by atoms with Crippen LogP contribution in [0.4, 0.5) is 11.4 Å². The summed E-state index contributed by atoms with van der Waals surface area (Å²) in [4.78, 5) is 2.63. The molecule has 0 amide bonds. The van der Waals surface area contributed by atoms with E-state index in [0.717, 1.165) is 62.0 Å². The highest BCUT2D eigenvalue weighted by molar-refractivity contribution is 6.09. The molecule has 62 heavy (non-hydrogen) atoms. The molecule has 1 heterocycles. The largest absolute Gasteiger partial charge is 0.455 e. The van der Waals surface area contributed by atoms with Crippen LogP contribution in [0, 0.1) is 0 Å². The van der Waals surface area contributed by atoms with Crippen molar-refractivity contribution >= 4 is 38.9 Å². The van der Waals surface area contributed by atoms with Crippen molar-refractivity contribution in [3.8, 4) is 44.5 Å². The van der Waals surface area contributed by atoms with Crippen molar-refractivity contribution in [2.24, 2.45) is 0 Å². The van der Waals surface area contributed by atoms with Gasteiger partial charge in [-0.05, 0) is 80.8 Å². The minimum atomic E-state index is -0.692. The van der Waals surface area contributed by atoms with Gasteiger partial charge in [-0.2, -0.15) is 0 Å². The second-order valence-corrected chi connectivity index (χ2v) is 16.0. The van der Waals surface area contributed by atoms with Gasteiger partial charge >= 0.3 is 0 Å². The van der Waals surface area contributed by atoms with Gasteiger partial charge in [0.2, 0.25) is 0 Å². The average Bonchev–Trinajstić information content (AvgIpc) is 3.75. The van der Waals surface area contributed by atoms with Gasteiger partial charge in [0.1, 0.15) is 16.7 Å². The van der Waals surface area contributed by atoms with Crippen LogP contribution >= 0.6 is 0 Å². The summed E-state index contributed by atoms with van der Waals surface area (Å²) in [7, 11) is 0. The number of rotatable bonds is 9. The minimum absolute atomic E-state index is 0.692. The van der Waals surface area contributed by atoms with E-state index in [1.54, 1.807) is 0 Å². The maximum atomic E-state index is 6.55. The third kappa shape index (κ3) is 6.45. The number of para-hydroxylation sites is 3. The summed E-state index contributed by atoms with van der Waals surface area (Å²) in [5, 5.41) is 2.25. The molecule has 0 saturated heterocycles. The summed E-state index contributed by atoms with van der Waals surface area (Å²) in [5.41, 5.74) is 16.2. The van der Waals surface area contributed by atoms with E-state index in [1.165, 1.54) is 39.0 Å². The Kier molecular flexibility index (Phi) is 9.52. The zero-order valence-electron chi connectivity index (χ0n) is 34.2. The Morgan fingerprint density at radius 2 is 0.903 bits per heavy atom. The van der Waals surface area contributed by atoms with Gasteiger partial charge in [0.15, 0.2) is 0 Å². The molecule has 0 radical (unpaired) electrons. The molecule has 2 heteroatoms. The van der Waals surface area contributed by atoms with Gasteiger partial charge < -0.3 is 9.32 Å². The fourth-order valence-corrected chi connectivity index (χ4v) is 9.62. The molecule has 1 unspecified atom stereocenters. The number of fused-ring (bicyclic) bond motifs is 3. The first-order chi connectivity index (χ1) is 30.8. The van der Waals surface area contributed by atoms with Crippen LogP contribution in [-0.4, -0.2) is 0 Å². The Bertz CT molecular complexity index is 3230. The van der Waals surface area contributed by atoms with Crippen molar-refractivity contribution in [1.82, 2.24) is 0 Å². The van der Waals surface area contributed by atoms with Crippen LogP contribution in [0.25, 0.3) is 72.0 Å². The zero-order valence-corrected chi connectivity index (χ0v) is 34.2. The number of hydrogen-bond acceptors (Lipinski definition) is 2. The highest BCUT2D eigenvalue weighted by Gasteiger charge is 2.46. The standard InChI is InChI=1S/C60H43NO/c1-4-19-43(20-5-1)44-34-36-46(37-35-44)51-26-11-14-32-57(51)61(49-40-38-47(39-41-49)52-28-18-29-54-53-27-12-15-33-58(53)62-59(52)54)60(42-17-16-30-55(60)48-23-8-3-9-24-48)56-31-13-10-25-50(56)45-21-6-2-7-22-45/h1-41H,42H2. The predicted octanol–water partition coefficient (Wildman–Crippen LogP) is 16.3. The Hall–Kier alpha value is -7.94. The molecule has 1 aromatic heterocycles. The van der Waals surface area contributed by atoms with Gasteiger partial charge in [-0.3, -0.25) is 0 Å². The first-order valence-electron chi connectivity index (χ1n) is 21.4. The Balaban J connectivity index is 1.17. The highest BCUT2D eigenvalue weighted by atomic mass is 16.3. The van der Waals surface area contributed by atoms with Crippen LogP contribution in [0.3, 0.4) is 0 Å². The Labute approximate surface area is 363 Å². The lowest BCUT2D eigenvalue weighted by Gasteiger charge is -2.50. The van der Waals surface area contributed by atoms with E-state index in [0.29, 0.717) is 0 Å². The quantitative estimate of drug-likeness (QED) is 0.145. The van der Waals surface area contributed by atoms with E-state index in [-0.39, 0.29) is 0 Å².